The molecule has 0 amide bonds. The van der Waals surface area contributed by atoms with Crippen molar-refractivity contribution < 1.29 is 9.50 Å². The molecule has 2 rings (SSSR count). The van der Waals surface area contributed by atoms with Gasteiger partial charge in [-0.25, -0.2) is 4.39 Å². The molecule has 0 spiro atoms. The third-order valence-corrected chi connectivity index (χ3v) is 2.35. The van der Waals surface area contributed by atoms with Gasteiger partial charge in [0.05, 0.1) is 0 Å². The average molecular weight is 202 g/mol. The van der Waals surface area contributed by atoms with Crippen molar-refractivity contribution in [1.82, 2.24) is 0 Å². The zero-order chi connectivity index (χ0) is 10.8. The van der Waals surface area contributed by atoms with E-state index in [2.05, 4.69) is 0 Å². The van der Waals surface area contributed by atoms with Gasteiger partial charge in [-0.15, -0.1) is 0 Å². The van der Waals surface area contributed by atoms with Crippen molar-refractivity contribution in [3.8, 4) is 16.9 Å². The maximum absolute atomic E-state index is 13.0. The minimum atomic E-state index is -0.252. The molecule has 0 aromatic heterocycles. The standard InChI is InChI=1S/C13H11FO/c1-9-7-11(5-6-13(9)15)10-3-2-4-12(14)8-10/h2-8,15H,1H3. The fraction of sp³-hybridized carbons (Fsp3) is 0.0769. The van der Waals surface area contributed by atoms with Gasteiger partial charge in [0, 0.05) is 0 Å². The van der Waals surface area contributed by atoms with Crippen LogP contribution in [0.5, 0.6) is 5.75 Å². The van der Waals surface area contributed by atoms with E-state index in [0.717, 1.165) is 16.7 Å². The van der Waals surface area contributed by atoms with Gasteiger partial charge in [0.25, 0.3) is 0 Å². The van der Waals surface area contributed by atoms with Gasteiger partial charge in [-0.05, 0) is 47.9 Å². The fourth-order valence-electron chi connectivity index (χ4n) is 1.50. The van der Waals surface area contributed by atoms with E-state index in [1.165, 1.54) is 12.1 Å². The number of aromatic hydroxyl groups is 1. The highest BCUT2D eigenvalue weighted by molar-refractivity contribution is 5.65. The van der Waals surface area contributed by atoms with Crippen LogP contribution in [0.15, 0.2) is 42.5 Å². The molecule has 0 radical (unpaired) electrons. The lowest BCUT2D eigenvalue weighted by atomic mass is 10.0. The second-order valence-corrected chi connectivity index (χ2v) is 3.51. The molecule has 2 aromatic rings. The highest BCUT2D eigenvalue weighted by atomic mass is 19.1. The summed E-state index contributed by atoms with van der Waals surface area (Å²) in [4.78, 5) is 0. The molecule has 76 valence electrons. The van der Waals surface area contributed by atoms with Crippen LogP contribution in [0.4, 0.5) is 4.39 Å². The minimum absolute atomic E-state index is 0.252. The smallest absolute Gasteiger partial charge is 0.123 e. The predicted octanol–water partition coefficient (Wildman–Crippen LogP) is 3.51. The summed E-state index contributed by atoms with van der Waals surface area (Å²) in [5, 5.41) is 9.37. The lowest BCUT2D eigenvalue weighted by Crippen LogP contribution is -1.81. The summed E-state index contributed by atoms with van der Waals surface area (Å²) >= 11 is 0. The van der Waals surface area contributed by atoms with Gasteiger partial charge < -0.3 is 5.11 Å². The Kier molecular flexibility index (Phi) is 2.42. The monoisotopic (exact) mass is 202 g/mol. The molecule has 0 bridgehead atoms. The van der Waals surface area contributed by atoms with Crippen LogP contribution in [-0.4, -0.2) is 5.11 Å². The van der Waals surface area contributed by atoms with Crippen LogP contribution >= 0.6 is 0 Å². The molecule has 0 fully saturated rings. The molecule has 1 nitrogen and oxygen atoms in total. The molecule has 0 atom stereocenters. The van der Waals surface area contributed by atoms with E-state index in [1.807, 2.05) is 19.1 Å². The Morgan fingerprint density at radius 2 is 1.73 bits per heavy atom. The van der Waals surface area contributed by atoms with Gasteiger partial charge in [-0.3, -0.25) is 0 Å². The van der Waals surface area contributed by atoms with Crippen molar-refractivity contribution >= 4 is 0 Å². The molecule has 2 aromatic carbocycles. The molecular formula is C13H11FO. The second-order valence-electron chi connectivity index (χ2n) is 3.51. The molecule has 0 aliphatic rings. The van der Waals surface area contributed by atoms with Crippen LogP contribution in [0.1, 0.15) is 5.56 Å². The van der Waals surface area contributed by atoms with E-state index >= 15 is 0 Å². The van der Waals surface area contributed by atoms with Gasteiger partial charge in [0.1, 0.15) is 11.6 Å². The summed E-state index contributed by atoms with van der Waals surface area (Å²) in [6.07, 6.45) is 0. The van der Waals surface area contributed by atoms with E-state index < -0.39 is 0 Å². The number of aryl methyl sites for hydroxylation is 1. The summed E-state index contributed by atoms with van der Waals surface area (Å²) in [7, 11) is 0. The number of benzene rings is 2. The SMILES string of the molecule is Cc1cc(-c2cccc(F)c2)ccc1O. The zero-order valence-electron chi connectivity index (χ0n) is 8.37. The normalized spacial score (nSPS) is 10.3. The predicted molar refractivity (Wildman–Crippen MR) is 58.2 cm³/mol. The molecule has 2 heteroatoms. The number of halogens is 1. The largest absolute Gasteiger partial charge is 0.508 e. The quantitative estimate of drug-likeness (QED) is 0.750. The summed E-state index contributed by atoms with van der Waals surface area (Å²) in [5.41, 5.74) is 2.51. The number of phenolic OH excluding ortho intramolecular Hbond substituents is 1. The molecular weight excluding hydrogens is 191 g/mol. The van der Waals surface area contributed by atoms with Gasteiger partial charge in [0.15, 0.2) is 0 Å². The Labute approximate surface area is 87.8 Å². The topological polar surface area (TPSA) is 20.2 Å². The van der Waals surface area contributed by atoms with Crippen LogP contribution in [0, 0.1) is 12.7 Å². The van der Waals surface area contributed by atoms with E-state index in [4.69, 9.17) is 0 Å². The van der Waals surface area contributed by atoms with E-state index in [0.29, 0.717) is 0 Å². The maximum Gasteiger partial charge on any atom is 0.123 e. The third kappa shape index (κ3) is 1.99. The molecule has 0 heterocycles. The van der Waals surface area contributed by atoms with Gasteiger partial charge in [-0.1, -0.05) is 18.2 Å². The lowest BCUT2D eigenvalue weighted by Gasteiger charge is -2.04. The van der Waals surface area contributed by atoms with Crippen molar-refractivity contribution in [2.45, 2.75) is 6.92 Å². The van der Waals surface area contributed by atoms with Gasteiger partial charge >= 0.3 is 0 Å². The fourth-order valence-corrected chi connectivity index (χ4v) is 1.50. The van der Waals surface area contributed by atoms with Crippen molar-refractivity contribution in [1.29, 1.82) is 0 Å². The number of hydrogen-bond donors (Lipinski definition) is 1. The van der Waals surface area contributed by atoms with Gasteiger partial charge in [-0.2, -0.15) is 0 Å². The Bertz CT molecular complexity index is 492. The zero-order valence-corrected chi connectivity index (χ0v) is 8.37. The lowest BCUT2D eigenvalue weighted by molar-refractivity contribution is 0.471. The Morgan fingerprint density at radius 3 is 2.40 bits per heavy atom. The van der Waals surface area contributed by atoms with Crippen LogP contribution in [0.2, 0.25) is 0 Å². The summed E-state index contributed by atoms with van der Waals surface area (Å²) < 4.78 is 13.0. The number of phenols is 1. The number of hydrogen-bond acceptors (Lipinski definition) is 1. The minimum Gasteiger partial charge on any atom is -0.508 e. The summed E-state index contributed by atoms with van der Waals surface area (Å²) in [6, 6.07) is 11.6. The van der Waals surface area contributed by atoms with Crippen molar-refractivity contribution in [2.75, 3.05) is 0 Å². The van der Waals surface area contributed by atoms with Gasteiger partial charge in [0.2, 0.25) is 0 Å². The third-order valence-electron chi connectivity index (χ3n) is 2.35. The molecule has 0 saturated heterocycles. The molecule has 0 aliphatic heterocycles. The summed E-state index contributed by atoms with van der Waals surface area (Å²) in [6.45, 7) is 1.82. The maximum atomic E-state index is 13.0. The first kappa shape index (κ1) is 9.71. The van der Waals surface area contributed by atoms with E-state index in [9.17, 15) is 9.50 Å². The molecule has 15 heavy (non-hydrogen) atoms. The Hall–Kier alpha value is -1.83. The highest BCUT2D eigenvalue weighted by Crippen LogP contribution is 2.25. The number of rotatable bonds is 1. The Balaban J connectivity index is 2.50. The van der Waals surface area contributed by atoms with Crippen molar-refractivity contribution in [3.05, 3.63) is 53.8 Å². The van der Waals surface area contributed by atoms with Crippen molar-refractivity contribution in [2.24, 2.45) is 0 Å². The first-order valence-electron chi connectivity index (χ1n) is 4.72. The average Bonchev–Trinajstić information content (AvgIpc) is 2.22. The van der Waals surface area contributed by atoms with E-state index in [-0.39, 0.29) is 11.6 Å². The highest BCUT2D eigenvalue weighted by Gasteiger charge is 2.01. The first-order valence-corrected chi connectivity index (χ1v) is 4.72. The second kappa shape index (κ2) is 3.73. The van der Waals surface area contributed by atoms with Crippen LogP contribution in [0.3, 0.4) is 0 Å². The first-order chi connectivity index (χ1) is 7.16. The molecule has 0 aliphatic carbocycles. The molecule has 0 unspecified atom stereocenters. The van der Waals surface area contributed by atoms with Crippen LogP contribution in [0.25, 0.3) is 11.1 Å². The Morgan fingerprint density at radius 1 is 1.00 bits per heavy atom. The molecule has 1 N–H and O–H groups in total. The van der Waals surface area contributed by atoms with E-state index in [1.54, 1.807) is 18.2 Å². The van der Waals surface area contributed by atoms with Crippen molar-refractivity contribution in [3.63, 3.8) is 0 Å². The molecule has 0 saturated carbocycles. The van der Waals surface area contributed by atoms with Crippen LogP contribution in [-0.2, 0) is 0 Å². The van der Waals surface area contributed by atoms with Crippen LogP contribution < -0.4 is 0 Å². The summed E-state index contributed by atoms with van der Waals surface area (Å²) in [5.74, 6) is 0.00776.